The predicted molar refractivity (Wildman–Crippen MR) is 202 cm³/mol. The summed E-state index contributed by atoms with van der Waals surface area (Å²) in [5.41, 5.74) is 8.51. The Morgan fingerprint density at radius 3 is 1.58 bits per heavy atom. The zero-order valence-electron chi connectivity index (χ0n) is 27.5. The van der Waals surface area contributed by atoms with Gasteiger partial charge in [0.15, 0.2) is 17.5 Å². The van der Waals surface area contributed by atoms with E-state index in [4.69, 9.17) is 31.0 Å². The zero-order valence-corrected chi connectivity index (χ0v) is 28.2. The summed E-state index contributed by atoms with van der Waals surface area (Å²) in [7, 11) is 0. The van der Waals surface area contributed by atoms with Crippen molar-refractivity contribution in [3.05, 3.63) is 151 Å². The number of furan rings is 1. The van der Waals surface area contributed by atoms with Crippen LogP contribution >= 0.6 is 11.6 Å². The third-order valence-electron chi connectivity index (χ3n) is 7.80. The van der Waals surface area contributed by atoms with Gasteiger partial charge in [0.2, 0.25) is 0 Å². The van der Waals surface area contributed by atoms with Crippen LogP contribution in [0.2, 0.25) is 5.02 Å². The zero-order chi connectivity index (χ0) is 33.5. The van der Waals surface area contributed by atoms with Crippen molar-refractivity contribution in [1.29, 1.82) is 0 Å². The molecule has 0 atom stereocenters. The molecule has 6 aromatic carbocycles. The van der Waals surface area contributed by atoms with Gasteiger partial charge in [0.05, 0.1) is 0 Å². The molecule has 0 bridgehead atoms. The molecule has 0 fully saturated rings. The van der Waals surface area contributed by atoms with Crippen LogP contribution < -0.4 is 0 Å². The molecule has 0 unspecified atom stereocenters. The predicted octanol–water partition coefficient (Wildman–Crippen LogP) is 12.8. The van der Waals surface area contributed by atoms with Crippen LogP contribution in [0.4, 0.5) is 0 Å². The minimum absolute atomic E-state index is 0.591. The molecule has 0 N–H and O–H groups in total. The lowest BCUT2D eigenvalue weighted by Gasteiger charge is -2.11. The summed E-state index contributed by atoms with van der Waals surface area (Å²) in [4.78, 5) is 14.9. The first-order valence-corrected chi connectivity index (χ1v) is 16.8. The summed E-state index contributed by atoms with van der Waals surface area (Å²) in [5, 5.41) is 2.68. The third kappa shape index (κ3) is 6.48. The Balaban J connectivity index is 0.000000969. The second-order valence-corrected chi connectivity index (χ2v) is 11.0. The maximum absolute atomic E-state index is 6.60. The molecule has 236 valence electrons. The maximum atomic E-state index is 6.60. The van der Waals surface area contributed by atoms with E-state index in [0.717, 1.165) is 60.9 Å². The smallest absolute Gasteiger partial charge is 0.164 e. The van der Waals surface area contributed by atoms with Gasteiger partial charge < -0.3 is 4.42 Å². The Labute approximate surface area is 286 Å². The lowest BCUT2D eigenvalue weighted by atomic mass is 9.95. The quantitative estimate of drug-likeness (QED) is 0.187. The Morgan fingerprint density at radius 1 is 0.438 bits per heavy atom. The van der Waals surface area contributed by atoms with Gasteiger partial charge in [-0.2, -0.15) is 0 Å². The van der Waals surface area contributed by atoms with Crippen LogP contribution in [0.15, 0.2) is 150 Å². The van der Waals surface area contributed by atoms with Crippen molar-refractivity contribution in [2.75, 3.05) is 0 Å². The third-order valence-corrected chi connectivity index (χ3v) is 8.03. The van der Waals surface area contributed by atoms with Crippen molar-refractivity contribution >= 4 is 33.5 Å². The van der Waals surface area contributed by atoms with Gasteiger partial charge in [0.25, 0.3) is 0 Å². The monoisotopic (exact) mass is 645 g/mol. The highest BCUT2D eigenvalue weighted by molar-refractivity contribution is 6.30. The van der Waals surface area contributed by atoms with Crippen LogP contribution in [-0.4, -0.2) is 15.0 Å². The fourth-order valence-corrected chi connectivity index (χ4v) is 5.90. The van der Waals surface area contributed by atoms with Crippen LogP contribution in [0, 0.1) is 0 Å². The molecule has 0 aliphatic rings. The number of benzene rings is 6. The number of nitrogens with zero attached hydrogens (tertiary/aromatic N) is 3. The van der Waals surface area contributed by atoms with Gasteiger partial charge in [-0.25, -0.2) is 15.0 Å². The van der Waals surface area contributed by atoms with E-state index in [0.29, 0.717) is 22.5 Å². The second-order valence-electron chi connectivity index (χ2n) is 10.6. The summed E-state index contributed by atoms with van der Waals surface area (Å²) in [5.74, 6) is 1.83. The van der Waals surface area contributed by atoms with Crippen molar-refractivity contribution in [3.8, 4) is 56.4 Å². The molecule has 0 amide bonds. The second kappa shape index (κ2) is 14.9. The molecular weight excluding hydrogens is 610 g/mol. The van der Waals surface area contributed by atoms with Gasteiger partial charge in [0.1, 0.15) is 11.2 Å². The fourth-order valence-electron chi connectivity index (χ4n) is 5.71. The Bertz CT molecular complexity index is 2240. The normalized spacial score (nSPS) is 10.6. The average Bonchev–Trinajstić information content (AvgIpc) is 3.56. The van der Waals surface area contributed by atoms with E-state index >= 15 is 0 Å². The number of hydrogen-bond acceptors (Lipinski definition) is 4. The SMILES string of the molecule is CC.CC.Clc1cccc(-c2cccc(-c3ccc(-c4nc(-c5ccccc5)nc(-c5ccccc5)n4)c4c3oc3ccccc34)c2)c1. The van der Waals surface area contributed by atoms with Crippen LogP contribution in [0.3, 0.4) is 0 Å². The molecule has 2 heterocycles. The number of rotatable bonds is 5. The Morgan fingerprint density at radius 2 is 0.938 bits per heavy atom. The number of aromatic nitrogens is 3. The van der Waals surface area contributed by atoms with Crippen molar-refractivity contribution < 1.29 is 4.42 Å². The van der Waals surface area contributed by atoms with E-state index in [2.05, 4.69) is 48.5 Å². The number of para-hydroxylation sites is 1. The van der Waals surface area contributed by atoms with Gasteiger partial charge in [-0.3, -0.25) is 0 Å². The molecule has 0 radical (unpaired) electrons. The highest BCUT2D eigenvalue weighted by Gasteiger charge is 2.20. The van der Waals surface area contributed by atoms with Crippen molar-refractivity contribution in [1.82, 2.24) is 15.0 Å². The van der Waals surface area contributed by atoms with E-state index in [-0.39, 0.29) is 0 Å². The van der Waals surface area contributed by atoms with Crippen molar-refractivity contribution in [2.24, 2.45) is 0 Å². The first-order chi connectivity index (χ1) is 23.7. The maximum Gasteiger partial charge on any atom is 0.164 e. The molecule has 5 heteroatoms. The van der Waals surface area contributed by atoms with Crippen molar-refractivity contribution in [2.45, 2.75) is 27.7 Å². The Kier molecular flexibility index (Phi) is 10.0. The van der Waals surface area contributed by atoms with E-state index in [1.54, 1.807) is 0 Å². The largest absolute Gasteiger partial charge is 0.455 e. The molecule has 0 saturated heterocycles. The Hall–Kier alpha value is -5.58. The molecule has 0 saturated carbocycles. The van der Waals surface area contributed by atoms with E-state index in [9.17, 15) is 0 Å². The molecule has 0 spiro atoms. The van der Waals surface area contributed by atoms with E-state index < -0.39 is 0 Å². The molecule has 0 aliphatic carbocycles. The topological polar surface area (TPSA) is 51.8 Å². The van der Waals surface area contributed by atoms with E-state index in [1.807, 2.05) is 125 Å². The molecular formula is C43H36ClN3O. The summed E-state index contributed by atoms with van der Waals surface area (Å²) in [6, 6.07) is 48.7. The molecule has 48 heavy (non-hydrogen) atoms. The summed E-state index contributed by atoms with van der Waals surface area (Å²) < 4.78 is 6.60. The minimum atomic E-state index is 0.591. The van der Waals surface area contributed by atoms with Crippen LogP contribution in [0.1, 0.15) is 27.7 Å². The summed E-state index contributed by atoms with van der Waals surface area (Å²) in [6.07, 6.45) is 0. The highest BCUT2D eigenvalue weighted by Crippen LogP contribution is 2.42. The summed E-state index contributed by atoms with van der Waals surface area (Å²) >= 11 is 6.32. The standard InChI is InChI=1S/C39H24ClN3O.2C2H6/c40-30-18-10-16-28(24-30)27-15-9-17-29(23-27)31-21-22-33(35-32-19-7-8-20-34(32)44-36(31)35)39-42-37(25-11-3-1-4-12-25)41-38(43-39)26-13-5-2-6-14-26;2*1-2/h1-24H;2*1-2H3. The molecule has 2 aromatic heterocycles. The van der Waals surface area contributed by atoms with Crippen LogP contribution in [0.5, 0.6) is 0 Å². The van der Waals surface area contributed by atoms with Gasteiger partial charge in [-0.1, -0.05) is 148 Å². The molecule has 8 rings (SSSR count). The minimum Gasteiger partial charge on any atom is -0.455 e. The van der Waals surface area contributed by atoms with Crippen LogP contribution in [-0.2, 0) is 0 Å². The van der Waals surface area contributed by atoms with Gasteiger partial charge in [-0.05, 0) is 53.1 Å². The lowest BCUT2D eigenvalue weighted by Crippen LogP contribution is -2.00. The first-order valence-electron chi connectivity index (χ1n) is 16.4. The van der Waals surface area contributed by atoms with Gasteiger partial charge in [0, 0.05) is 38.0 Å². The lowest BCUT2D eigenvalue weighted by molar-refractivity contribution is 0.670. The highest BCUT2D eigenvalue weighted by atomic mass is 35.5. The number of hydrogen-bond donors (Lipinski definition) is 0. The van der Waals surface area contributed by atoms with Crippen LogP contribution in [0.25, 0.3) is 78.4 Å². The molecule has 4 nitrogen and oxygen atoms in total. The molecule has 0 aliphatic heterocycles. The average molecular weight is 646 g/mol. The van der Waals surface area contributed by atoms with Gasteiger partial charge >= 0.3 is 0 Å². The van der Waals surface area contributed by atoms with Gasteiger partial charge in [-0.15, -0.1) is 0 Å². The number of fused-ring (bicyclic) bond motifs is 3. The van der Waals surface area contributed by atoms with E-state index in [1.165, 1.54) is 0 Å². The fraction of sp³-hybridized carbons (Fsp3) is 0.0930. The first kappa shape index (κ1) is 32.4. The molecule has 8 aromatic rings. The number of halogens is 1. The van der Waals surface area contributed by atoms with Crippen molar-refractivity contribution in [3.63, 3.8) is 0 Å². The summed E-state index contributed by atoms with van der Waals surface area (Å²) in [6.45, 7) is 8.00.